The Bertz CT molecular complexity index is 740. The molecular formula is C20H24O4. The molecule has 1 aromatic carbocycles. The summed E-state index contributed by atoms with van der Waals surface area (Å²) in [7, 11) is 0. The number of ketones is 2. The lowest BCUT2D eigenvalue weighted by Gasteiger charge is -2.34. The van der Waals surface area contributed by atoms with E-state index in [9.17, 15) is 9.59 Å². The Hall–Kier alpha value is -2.10. The van der Waals surface area contributed by atoms with Gasteiger partial charge in [-0.1, -0.05) is 13.8 Å². The highest BCUT2D eigenvalue weighted by molar-refractivity contribution is 6.25. The molecule has 24 heavy (non-hydrogen) atoms. The molecule has 0 N–H and O–H groups in total. The number of allylic oxidation sites excluding steroid dienone is 2. The molecular weight excluding hydrogens is 304 g/mol. The number of Topliss-reactive ketones (excluding diaryl/α,β-unsaturated/α-hetero) is 2. The largest absolute Gasteiger partial charge is 0.486 e. The van der Waals surface area contributed by atoms with Crippen LogP contribution in [0, 0.1) is 0 Å². The van der Waals surface area contributed by atoms with Crippen LogP contribution < -0.4 is 0 Å². The van der Waals surface area contributed by atoms with Gasteiger partial charge in [-0.25, -0.2) is 0 Å². The van der Waals surface area contributed by atoms with E-state index < -0.39 is 0 Å². The van der Waals surface area contributed by atoms with E-state index in [1.54, 1.807) is 13.8 Å². The zero-order valence-electron chi connectivity index (χ0n) is 14.8. The van der Waals surface area contributed by atoms with E-state index in [1.165, 1.54) is 11.1 Å². The summed E-state index contributed by atoms with van der Waals surface area (Å²) in [5.41, 5.74) is 3.25. The third-order valence-electron chi connectivity index (χ3n) is 4.91. The van der Waals surface area contributed by atoms with Gasteiger partial charge < -0.3 is 9.47 Å². The Balaban J connectivity index is 2.18. The molecule has 0 aromatic heterocycles. The van der Waals surface area contributed by atoms with Gasteiger partial charge in [-0.15, -0.1) is 0 Å². The second-order valence-electron chi connectivity index (χ2n) is 6.97. The summed E-state index contributed by atoms with van der Waals surface area (Å²) in [6.07, 6.45) is 3.12. The van der Waals surface area contributed by atoms with Gasteiger partial charge in [0, 0.05) is 11.1 Å². The maximum atomic E-state index is 12.9. The van der Waals surface area contributed by atoms with E-state index in [0.29, 0.717) is 24.3 Å². The molecule has 0 unspecified atom stereocenters. The molecule has 0 saturated carbocycles. The summed E-state index contributed by atoms with van der Waals surface area (Å²) in [5, 5.41) is 0. The third kappa shape index (κ3) is 2.54. The topological polar surface area (TPSA) is 52.6 Å². The van der Waals surface area contributed by atoms with Crippen LogP contribution in [-0.2, 0) is 21.3 Å². The van der Waals surface area contributed by atoms with Crippen LogP contribution in [0.25, 0.3) is 0 Å². The van der Waals surface area contributed by atoms with Crippen LogP contribution in [0.15, 0.2) is 23.7 Å². The van der Waals surface area contributed by atoms with Crippen molar-refractivity contribution < 1.29 is 19.1 Å². The minimum absolute atomic E-state index is 0.0155. The molecule has 1 aromatic rings. The number of aryl methyl sites for hydroxylation is 1. The molecule has 4 nitrogen and oxygen atoms in total. The van der Waals surface area contributed by atoms with Crippen molar-refractivity contribution in [3.05, 3.63) is 45.9 Å². The number of carbonyl (C=O) groups excluding carboxylic acids is 2. The summed E-state index contributed by atoms with van der Waals surface area (Å²) >= 11 is 0. The molecule has 2 aliphatic carbocycles. The van der Waals surface area contributed by atoms with Crippen molar-refractivity contribution in [3.8, 4) is 0 Å². The number of benzene rings is 1. The number of hydrogen-bond donors (Lipinski definition) is 0. The molecule has 0 radical (unpaired) electrons. The van der Waals surface area contributed by atoms with E-state index in [1.807, 2.05) is 12.1 Å². The van der Waals surface area contributed by atoms with E-state index in [4.69, 9.17) is 9.47 Å². The zero-order valence-corrected chi connectivity index (χ0v) is 14.8. The first-order chi connectivity index (χ1) is 11.4. The van der Waals surface area contributed by atoms with Crippen LogP contribution in [0.3, 0.4) is 0 Å². The van der Waals surface area contributed by atoms with Crippen LogP contribution in [0.4, 0.5) is 0 Å². The van der Waals surface area contributed by atoms with Crippen LogP contribution in [0.2, 0.25) is 0 Å². The van der Waals surface area contributed by atoms with Gasteiger partial charge in [0.25, 0.3) is 0 Å². The quantitative estimate of drug-likeness (QED) is 0.839. The lowest BCUT2D eigenvalue weighted by Crippen LogP contribution is -2.29. The van der Waals surface area contributed by atoms with Gasteiger partial charge in [-0.3, -0.25) is 9.59 Å². The van der Waals surface area contributed by atoms with Gasteiger partial charge >= 0.3 is 0 Å². The lowest BCUT2D eigenvalue weighted by atomic mass is 9.71. The SMILES string of the molecule is CCOC1=C(OCC)C(=O)c2cc3c(cc2C1=O)CCCC3(C)C. The second-order valence-corrected chi connectivity index (χ2v) is 6.97. The summed E-state index contributed by atoms with van der Waals surface area (Å²) in [6.45, 7) is 8.60. The number of rotatable bonds is 4. The second kappa shape index (κ2) is 6.08. The van der Waals surface area contributed by atoms with Crippen LogP contribution in [0.5, 0.6) is 0 Å². The molecule has 0 bridgehead atoms. The van der Waals surface area contributed by atoms with Crippen molar-refractivity contribution in [2.45, 2.75) is 52.4 Å². The molecule has 0 atom stereocenters. The highest BCUT2D eigenvalue weighted by atomic mass is 16.5. The molecule has 0 fully saturated rings. The predicted molar refractivity (Wildman–Crippen MR) is 91.3 cm³/mol. The average Bonchev–Trinajstić information content (AvgIpc) is 2.54. The fourth-order valence-corrected chi connectivity index (χ4v) is 3.71. The van der Waals surface area contributed by atoms with Gasteiger partial charge in [0.15, 0.2) is 0 Å². The van der Waals surface area contributed by atoms with Crippen molar-refractivity contribution in [2.24, 2.45) is 0 Å². The number of carbonyl (C=O) groups is 2. The highest BCUT2D eigenvalue weighted by Crippen LogP contribution is 2.40. The van der Waals surface area contributed by atoms with E-state index >= 15 is 0 Å². The molecule has 2 aliphatic rings. The van der Waals surface area contributed by atoms with Crippen LogP contribution in [0.1, 0.15) is 72.4 Å². The van der Waals surface area contributed by atoms with Crippen molar-refractivity contribution >= 4 is 11.6 Å². The first-order valence-corrected chi connectivity index (χ1v) is 8.67. The van der Waals surface area contributed by atoms with Gasteiger partial charge in [0.05, 0.1) is 13.2 Å². The monoisotopic (exact) mass is 328 g/mol. The maximum Gasteiger partial charge on any atom is 0.232 e. The van der Waals surface area contributed by atoms with Crippen LogP contribution in [-0.4, -0.2) is 24.8 Å². The summed E-state index contributed by atoms with van der Waals surface area (Å²) in [6, 6.07) is 3.80. The van der Waals surface area contributed by atoms with Gasteiger partial charge in [0.2, 0.25) is 23.1 Å². The van der Waals surface area contributed by atoms with E-state index in [-0.39, 0.29) is 28.5 Å². The number of fused-ring (bicyclic) bond motifs is 2. The molecule has 0 spiro atoms. The minimum atomic E-state index is -0.251. The Morgan fingerprint density at radius 2 is 1.50 bits per heavy atom. The van der Waals surface area contributed by atoms with Crippen LogP contribution >= 0.6 is 0 Å². The van der Waals surface area contributed by atoms with Crippen molar-refractivity contribution in [3.63, 3.8) is 0 Å². The molecule has 0 aliphatic heterocycles. The first-order valence-electron chi connectivity index (χ1n) is 8.67. The maximum absolute atomic E-state index is 12.9. The number of hydrogen-bond acceptors (Lipinski definition) is 4. The lowest BCUT2D eigenvalue weighted by molar-refractivity contribution is 0.0771. The fraction of sp³-hybridized carbons (Fsp3) is 0.500. The van der Waals surface area contributed by atoms with Gasteiger partial charge in [-0.2, -0.15) is 0 Å². The van der Waals surface area contributed by atoms with Crippen molar-refractivity contribution in [1.29, 1.82) is 0 Å². The average molecular weight is 328 g/mol. The highest BCUT2D eigenvalue weighted by Gasteiger charge is 2.38. The molecule has 0 heterocycles. The van der Waals surface area contributed by atoms with Gasteiger partial charge in [-0.05, 0) is 61.8 Å². The summed E-state index contributed by atoms with van der Waals surface area (Å²) < 4.78 is 10.9. The molecule has 3 rings (SSSR count). The summed E-state index contributed by atoms with van der Waals surface area (Å²) in [4.78, 5) is 25.8. The summed E-state index contributed by atoms with van der Waals surface area (Å²) in [5.74, 6) is -0.405. The Kier molecular flexibility index (Phi) is 4.24. The first kappa shape index (κ1) is 16.7. The van der Waals surface area contributed by atoms with E-state index in [0.717, 1.165) is 19.3 Å². The third-order valence-corrected chi connectivity index (χ3v) is 4.91. The number of ether oxygens (including phenoxy) is 2. The Morgan fingerprint density at radius 1 is 0.958 bits per heavy atom. The van der Waals surface area contributed by atoms with Gasteiger partial charge in [0.1, 0.15) is 0 Å². The fourth-order valence-electron chi connectivity index (χ4n) is 3.71. The zero-order chi connectivity index (χ0) is 17.5. The molecule has 4 heteroatoms. The van der Waals surface area contributed by atoms with Crippen molar-refractivity contribution in [1.82, 2.24) is 0 Å². The van der Waals surface area contributed by atoms with Crippen molar-refractivity contribution in [2.75, 3.05) is 13.2 Å². The molecule has 128 valence electrons. The smallest absolute Gasteiger partial charge is 0.232 e. The predicted octanol–water partition coefficient (Wildman–Crippen LogP) is 3.96. The Morgan fingerprint density at radius 3 is 2.04 bits per heavy atom. The normalized spacial score (nSPS) is 19.0. The van der Waals surface area contributed by atoms with E-state index in [2.05, 4.69) is 13.8 Å². The molecule has 0 saturated heterocycles. The molecule has 0 amide bonds. The minimum Gasteiger partial charge on any atom is -0.486 e. The Labute approximate surface area is 142 Å². The standard InChI is InChI=1S/C20H24O4/c1-5-23-18-16(21)13-10-12-8-7-9-20(3,4)15(12)11-14(13)17(22)19(18)24-6-2/h10-11H,5-9H2,1-4H3.